The minimum atomic E-state index is -0.814. The fourth-order valence-corrected chi connectivity index (χ4v) is 2.63. The summed E-state index contributed by atoms with van der Waals surface area (Å²) in [5, 5.41) is 8.26. The Kier molecular flexibility index (Phi) is 5.02. The van der Waals surface area contributed by atoms with Gasteiger partial charge >= 0.3 is 0 Å². The van der Waals surface area contributed by atoms with Crippen molar-refractivity contribution in [2.75, 3.05) is 29.3 Å². The summed E-state index contributed by atoms with van der Waals surface area (Å²) in [4.78, 5) is 30.3. The highest BCUT2D eigenvalue weighted by molar-refractivity contribution is 6.44. The van der Waals surface area contributed by atoms with Crippen molar-refractivity contribution >= 4 is 34.7 Å². The van der Waals surface area contributed by atoms with Crippen LogP contribution in [0, 0.1) is 5.82 Å². The maximum Gasteiger partial charge on any atom is 0.272 e. The van der Waals surface area contributed by atoms with E-state index in [0.29, 0.717) is 11.4 Å². The average Bonchev–Trinajstić information content (AvgIpc) is 3.08. The Bertz CT molecular complexity index is 880. The number of hydrogen-bond donors (Lipinski definition) is 2. The van der Waals surface area contributed by atoms with Crippen LogP contribution < -0.4 is 21.0 Å². The monoisotopic (exact) mass is 370 g/mol. The summed E-state index contributed by atoms with van der Waals surface area (Å²) in [5.41, 5.74) is 6.57. The number of anilines is 3. The van der Waals surface area contributed by atoms with E-state index in [9.17, 15) is 14.0 Å². The lowest BCUT2D eigenvalue weighted by atomic mass is 10.1. The van der Waals surface area contributed by atoms with Gasteiger partial charge in [-0.2, -0.15) is 5.10 Å². The molecule has 1 atom stereocenters. The van der Waals surface area contributed by atoms with Gasteiger partial charge in [0.25, 0.3) is 5.91 Å². The lowest BCUT2D eigenvalue weighted by Crippen LogP contribution is -2.39. The number of aromatic nitrogens is 1. The fraction of sp³-hybridized carbons (Fsp3) is 0.222. The highest BCUT2D eigenvalue weighted by Gasteiger charge is 2.35. The number of halogens is 1. The molecule has 3 N–H and O–H groups in total. The summed E-state index contributed by atoms with van der Waals surface area (Å²) in [7, 11) is 3.73. The first-order valence-electron chi connectivity index (χ1n) is 8.21. The van der Waals surface area contributed by atoms with E-state index in [-0.39, 0.29) is 12.1 Å². The number of primary amides is 1. The second kappa shape index (κ2) is 7.40. The molecule has 1 aromatic carbocycles. The van der Waals surface area contributed by atoms with Crippen LogP contribution in [-0.4, -0.2) is 42.6 Å². The van der Waals surface area contributed by atoms with Crippen molar-refractivity contribution in [3.63, 3.8) is 0 Å². The van der Waals surface area contributed by atoms with Crippen LogP contribution in [0.4, 0.5) is 21.6 Å². The van der Waals surface area contributed by atoms with E-state index in [0.717, 1.165) is 5.82 Å². The third-order valence-corrected chi connectivity index (χ3v) is 4.06. The topological polar surface area (TPSA) is 104 Å². The zero-order chi connectivity index (χ0) is 19.6. The van der Waals surface area contributed by atoms with Gasteiger partial charge < -0.3 is 16.0 Å². The smallest absolute Gasteiger partial charge is 0.272 e. The maximum absolute atomic E-state index is 13.1. The molecule has 27 heavy (non-hydrogen) atoms. The number of hydrogen-bond acceptors (Lipinski definition) is 6. The number of nitrogens with two attached hydrogens (primary N) is 1. The zero-order valence-corrected chi connectivity index (χ0v) is 14.9. The van der Waals surface area contributed by atoms with E-state index in [1.165, 1.54) is 35.5 Å². The van der Waals surface area contributed by atoms with Crippen molar-refractivity contribution < 1.29 is 14.0 Å². The van der Waals surface area contributed by atoms with Gasteiger partial charge in [-0.05, 0) is 36.4 Å². The van der Waals surface area contributed by atoms with Crippen LogP contribution in [0.5, 0.6) is 0 Å². The molecule has 0 fully saturated rings. The summed E-state index contributed by atoms with van der Waals surface area (Å²) in [6.07, 6.45) is 1.59. The first kappa shape index (κ1) is 18.3. The maximum atomic E-state index is 13.1. The van der Waals surface area contributed by atoms with Gasteiger partial charge in [-0.1, -0.05) is 0 Å². The first-order valence-corrected chi connectivity index (χ1v) is 8.21. The predicted octanol–water partition coefficient (Wildman–Crippen LogP) is 1.35. The molecule has 0 radical (unpaired) electrons. The Morgan fingerprint density at radius 1 is 1.22 bits per heavy atom. The van der Waals surface area contributed by atoms with Crippen molar-refractivity contribution in [3.05, 3.63) is 48.4 Å². The van der Waals surface area contributed by atoms with E-state index in [4.69, 9.17) is 5.73 Å². The Morgan fingerprint density at radius 3 is 2.48 bits per heavy atom. The lowest BCUT2D eigenvalue weighted by molar-refractivity contribution is -0.119. The van der Waals surface area contributed by atoms with E-state index >= 15 is 0 Å². The molecule has 8 nitrogen and oxygen atoms in total. The molecule has 0 bridgehead atoms. The summed E-state index contributed by atoms with van der Waals surface area (Å²) in [6, 6.07) is 8.12. The fourth-order valence-electron chi connectivity index (χ4n) is 2.63. The van der Waals surface area contributed by atoms with Gasteiger partial charge in [0, 0.05) is 20.5 Å². The Hall–Kier alpha value is -3.49. The molecule has 0 aliphatic carbocycles. The Balaban J connectivity index is 1.78. The quantitative estimate of drug-likeness (QED) is 0.827. The third-order valence-electron chi connectivity index (χ3n) is 4.06. The highest BCUT2D eigenvalue weighted by Crippen LogP contribution is 2.25. The SMILES string of the molecule is CN(C)c1ccc(NC(=O)C2=NN(c3ccc(F)cc3)[C@H](C(N)=O)C2)cn1. The molecule has 1 aromatic heterocycles. The van der Waals surface area contributed by atoms with Gasteiger partial charge in [0.2, 0.25) is 5.91 Å². The van der Waals surface area contributed by atoms with Crippen molar-refractivity contribution in [1.82, 2.24) is 4.98 Å². The largest absolute Gasteiger partial charge is 0.368 e. The van der Waals surface area contributed by atoms with Crippen molar-refractivity contribution in [3.8, 4) is 0 Å². The number of hydrazone groups is 1. The van der Waals surface area contributed by atoms with Gasteiger partial charge in [0.15, 0.2) is 0 Å². The average molecular weight is 370 g/mol. The van der Waals surface area contributed by atoms with Crippen molar-refractivity contribution in [2.45, 2.75) is 12.5 Å². The molecule has 2 amide bonds. The number of carbonyl (C=O) groups excluding carboxylic acids is 2. The molecule has 1 aliphatic rings. The van der Waals surface area contributed by atoms with E-state index in [2.05, 4.69) is 15.4 Å². The second-order valence-corrected chi connectivity index (χ2v) is 6.24. The van der Waals surface area contributed by atoms with Crippen molar-refractivity contribution in [1.29, 1.82) is 0 Å². The minimum absolute atomic E-state index is 0.0573. The summed E-state index contributed by atoms with van der Waals surface area (Å²) in [6.45, 7) is 0. The van der Waals surface area contributed by atoms with E-state index in [1.54, 1.807) is 12.1 Å². The number of pyridine rings is 1. The standard InChI is InChI=1S/C18H19FN6O2/c1-24(2)16-8-5-12(10-21-16)22-18(27)14-9-15(17(20)26)25(23-14)13-6-3-11(19)4-7-13/h3-8,10,15H,9H2,1-2H3,(H2,20,26)(H,22,27)/t15-/m0/s1. The van der Waals surface area contributed by atoms with Crippen LogP contribution in [0.3, 0.4) is 0 Å². The lowest BCUT2D eigenvalue weighted by Gasteiger charge is -2.20. The molecule has 0 saturated heterocycles. The summed E-state index contributed by atoms with van der Waals surface area (Å²) in [5.74, 6) is -0.736. The summed E-state index contributed by atoms with van der Waals surface area (Å²) >= 11 is 0. The summed E-state index contributed by atoms with van der Waals surface area (Å²) < 4.78 is 13.1. The van der Waals surface area contributed by atoms with Gasteiger partial charge in [-0.3, -0.25) is 14.6 Å². The number of carbonyl (C=O) groups is 2. The molecule has 9 heteroatoms. The minimum Gasteiger partial charge on any atom is -0.368 e. The first-order chi connectivity index (χ1) is 12.8. The van der Waals surface area contributed by atoms with Crippen LogP contribution in [0.1, 0.15) is 6.42 Å². The van der Waals surface area contributed by atoms with Crippen LogP contribution >= 0.6 is 0 Å². The molecule has 1 aliphatic heterocycles. The van der Waals surface area contributed by atoms with E-state index < -0.39 is 23.7 Å². The molecule has 2 heterocycles. The molecule has 140 valence electrons. The molecular formula is C18H19FN6O2. The van der Waals surface area contributed by atoms with Crippen LogP contribution in [0.2, 0.25) is 0 Å². The van der Waals surface area contributed by atoms with Crippen LogP contribution in [0.15, 0.2) is 47.7 Å². The Labute approximate surface area is 155 Å². The molecule has 0 saturated carbocycles. The number of nitrogens with one attached hydrogen (secondary N) is 1. The second-order valence-electron chi connectivity index (χ2n) is 6.24. The normalized spacial score (nSPS) is 16.0. The number of nitrogens with zero attached hydrogens (tertiary/aromatic N) is 4. The molecular weight excluding hydrogens is 351 g/mol. The number of benzene rings is 1. The number of amides is 2. The Morgan fingerprint density at radius 2 is 1.93 bits per heavy atom. The zero-order valence-electron chi connectivity index (χ0n) is 14.9. The molecule has 2 aromatic rings. The molecule has 3 rings (SSSR count). The third kappa shape index (κ3) is 4.02. The molecule has 0 unspecified atom stereocenters. The van der Waals surface area contributed by atoms with Gasteiger partial charge in [-0.15, -0.1) is 0 Å². The van der Waals surface area contributed by atoms with Gasteiger partial charge in [0.1, 0.15) is 23.4 Å². The van der Waals surface area contributed by atoms with Gasteiger partial charge in [-0.25, -0.2) is 9.37 Å². The van der Waals surface area contributed by atoms with Gasteiger partial charge in [0.05, 0.1) is 17.6 Å². The predicted molar refractivity (Wildman–Crippen MR) is 101 cm³/mol. The van der Waals surface area contributed by atoms with Crippen molar-refractivity contribution in [2.24, 2.45) is 10.8 Å². The molecule has 0 spiro atoms. The van der Waals surface area contributed by atoms with Crippen LogP contribution in [-0.2, 0) is 9.59 Å². The van der Waals surface area contributed by atoms with Crippen LogP contribution in [0.25, 0.3) is 0 Å². The van der Waals surface area contributed by atoms with E-state index in [1.807, 2.05) is 19.0 Å². The number of rotatable bonds is 5. The highest BCUT2D eigenvalue weighted by atomic mass is 19.1.